The lowest BCUT2D eigenvalue weighted by atomic mass is 10.2. The van der Waals surface area contributed by atoms with E-state index in [1.54, 1.807) is 18.3 Å². The average molecular weight is 412 g/mol. The van der Waals surface area contributed by atoms with E-state index in [1.165, 1.54) is 23.8 Å². The van der Waals surface area contributed by atoms with Gasteiger partial charge in [0.05, 0.1) is 17.6 Å². The van der Waals surface area contributed by atoms with Gasteiger partial charge in [0.25, 0.3) is 0 Å². The van der Waals surface area contributed by atoms with Crippen molar-refractivity contribution >= 4 is 44.5 Å². The molecule has 7 heteroatoms. The summed E-state index contributed by atoms with van der Waals surface area (Å²) in [5.74, 6) is -0.0102. The maximum atomic E-state index is 13.5. The van der Waals surface area contributed by atoms with Crippen LogP contribution < -0.4 is 10.1 Å². The Kier molecular flexibility index (Phi) is 4.78. The van der Waals surface area contributed by atoms with Gasteiger partial charge in [-0.1, -0.05) is 11.6 Å². The van der Waals surface area contributed by atoms with Crippen molar-refractivity contribution in [2.75, 3.05) is 7.11 Å². The van der Waals surface area contributed by atoms with Crippen LogP contribution in [0.2, 0.25) is 5.02 Å². The summed E-state index contributed by atoms with van der Waals surface area (Å²) < 4.78 is 20.7. The SMILES string of the molecule is COc1cc(F)cc(CNC(=O)n2ccc3cc(Br)c(Cl)cc32)c1. The molecule has 1 N–H and O–H groups in total. The van der Waals surface area contributed by atoms with Gasteiger partial charge >= 0.3 is 6.03 Å². The molecule has 1 heterocycles. The van der Waals surface area contributed by atoms with Crippen LogP contribution in [-0.4, -0.2) is 17.7 Å². The zero-order valence-electron chi connectivity index (χ0n) is 12.6. The third kappa shape index (κ3) is 3.39. The number of nitrogens with one attached hydrogen (secondary N) is 1. The number of methoxy groups -OCH3 is 1. The Morgan fingerprint density at radius 3 is 2.88 bits per heavy atom. The first-order chi connectivity index (χ1) is 11.5. The number of benzene rings is 2. The first-order valence-electron chi connectivity index (χ1n) is 7.05. The third-order valence-electron chi connectivity index (χ3n) is 3.56. The van der Waals surface area contributed by atoms with Gasteiger partial charge in [-0.2, -0.15) is 0 Å². The lowest BCUT2D eigenvalue weighted by Gasteiger charge is -2.09. The van der Waals surface area contributed by atoms with Crippen molar-refractivity contribution in [2.24, 2.45) is 0 Å². The number of rotatable bonds is 3. The van der Waals surface area contributed by atoms with Crippen LogP contribution in [0.15, 0.2) is 47.1 Å². The Hall–Kier alpha value is -2.05. The van der Waals surface area contributed by atoms with E-state index >= 15 is 0 Å². The van der Waals surface area contributed by atoms with Crippen LogP contribution in [0.3, 0.4) is 0 Å². The second kappa shape index (κ2) is 6.83. The fourth-order valence-corrected chi connectivity index (χ4v) is 2.93. The molecule has 0 bridgehead atoms. The van der Waals surface area contributed by atoms with Crippen LogP contribution >= 0.6 is 27.5 Å². The van der Waals surface area contributed by atoms with Gasteiger partial charge in [0.1, 0.15) is 11.6 Å². The summed E-state index contributed by atoms with van der Waals surface area (Å²) in [5, 5.41) is 4.15. The number of carbonyl (C=O) groups is 1. The molecule has 0 aliphatic heterocycles. The number of amides is 1. The van der Waals surface area contributed by atoms with Gasteiger partial charge in [-0.15, -0.1) is 0 Å². The molecular weight excluding hydrogens is 399 g/mol. The molecule has 1 aromatic heterocycles. The lowest BCUT2D eigenvalue weighted by molar-refractivity contribution is 0.243. The van der Waals surface area contributed by atoms with Crippen LogP contribution in [0.25, 0.3) is 10.9 Å². The Morgan fingerprint density at radius 2 is 2.12 bits per heavy atom. The molecule has 0 saturated carbocycles. The van der Waals surface area contributed by atoms with Crippen LogP contribution in [0, 0.1) is 5.82 Å². The molecule has 0 saturated heterocycles. The molecule has 3 rings (SSSR count). The highest BCUT2D eigenvalue weighted by atomic mass is 79.9. The zero-order chi connectivity index (χ0) is 17.3. The van der Waals surface area contributed by atoms with Gasteiger partial charge in [0, 0.05) is 28.7 Å². The Morgan fingerprint density at radius 1 is 1.33 bits per heavy atom. The Labute approximate surface area is 151 Å². The van der Waals surface area contributed by atoms with E-state index in [4.69, 9.17) is 16.3 Å². The van der Waals surface area contributed by atoms with E-state index in [1.807, 2.05) is 12.1 Å². The minimum absolute atomic E-state index is 0.177. The van der Waals surface area contributed by atoms with Crippen LogP contribution in [-0.2, 0) is 6.54 Å². The molecule has 0 aliphatic rings. The molecule has 0 spiro atoms. The molecule has 2 aromatic carbocycles. The van der Waals surface area contributed by atoms with E-state index in [-0.39, 0.29) is 12.6 Å². The van der Waals surface area contributed by atoms with Gasteiger partial charge in [-0.25, -0.2) is 9.18 Å². The first-order valence-corrected chi connectivity index (χ1v) is 8.23. The molecule has 4 nitrogen and oxygen atoms in total. The predicted octanol–water partition coefficient (Wildman–Crippen LogP) is 4.96. The van der Waals surface area contributed by atoms with Crippen LogP contribution in [0.4, 0.5) is 9.18 Å². The summed E-state index contributed by atoms with van der Waals surface area (Å²) in [7, 11) is 1.46. The van der Waals surface area contributed by atoms with E-state index in [0.717, 1.165) is 9.86 Å². The molecule has 0 atom stereocenters. The molecule has 0 unspecified atom stereocenters. The number of fused-ring (bicyclic) bond motifs is 1. The summed E-state index contributed by atoms with van der Waals surface area (Å²) in [4.78, 5) is 12.4. The van der Waals surface area contributed by atoms with Crippen LogP contribution in [0.5, 0.6) is 5.75 Å². The normalized spacial score (nSPS) is 10.8. The molecule has 24 heavy (non-hydrogen) atoms. The van der Waals surface area contributed by atoms with Gasteiger partial charge in [0.2, 0.25) is 0 Å². The maximum Gasteiger partial charge on any atom is 0.326 e. The Bertz CT molecular complexity index is 926. The Balaban J connectivity index is 1.81. The number of carbonyl (C=O) groups excluding carboxylic acids is 1. The standard InChI is InChI=1S/C17H13BrClFN2O2/c1-24-13-5-10(4-12(20)7-13)9-21-17(23)22-3-2-11-6-14(18)15(19)8-16(11)22/h2-8H,9H2,1H3,(H,21,23). The number of aromatic nitrogens is 1. The number of halogens is 3. The van der Waals surface area contributed by atoms with Gasteiger partial charge in [-0.05, 0) is 51.8 Å². The largest absolute Gasteiger partial charge is 0.497 e. The van der Waals surface area contributed by atoms with E-state index in [0.29, 0.717) is 21.9 Å². The van der Waals surface area contributed by atoms with Crippen molar-refractivity contribution in [3.05, 3.63) is 63.5 Å². The smallest absolute Gasteiger partial charge is 0.326 e. The lowest BCUT2D eigenvalue weighted by Crippen LogP contribution is -2.27. The van der Waals surface area contributed by atoms with E-state index in [2.05, 4.69) is 21.2 Å². The molecule has 3 aromatic rings. The monoisotopic (exact) mass is 410 g/mol. The fourth-order valence-electron chi connectivity index (χ4n) is 2.41. The second-order valence-corrected chi connectivity index (χ2v) is 6.43. The minimum Gasteiger partial charge on any atom is -0.497 e. The van der Waals surface area contributed by atoms with Crippen molar-refractivity contribution in [3.8, 4) is 5.75 Å². The van der Waals surface area contributed by atoms with Crippen molar-refractivity contribution in [2.45, 2.75) is 6.54 Å². The fraction of sp³-hybridized carbons (Fsp3) is 0.118. The summed E-state index contributed by atoms with van der Waals surface area (Å²) in [6.45, 7) is 0.177. The highest BCUT2D eigenvalue weighted by Crippen LogP contribution is 2.28. The summed E-state index contributed by atoms with van der Waals surface area (Å²) >= 11 is 9.45. The average Bonchev–Trinajstić information content (AvgIpc) is 2.95. The van der Waals surface area contributed by atoms with Gasteiger partial charge in [0.15, 0.2) is 0 Å². The highest BCUT2D eigenvalue weighted by molar-refractivity contribution is 9.10. The topological polar surface area (TPSA) is 43.3 Å². The maximum absolute atomic E-state index is 13.5. The van der Waals surface area contributed by atoms with Crippen molar-refractivity contribution in [1.82, 2.24) is 9.88 Å². The van der Waals surface area contributed by atoms with Gasteiger partial charge in [-0.3, -0.25) is 4.57 Å². The van der Waals surface area contributed by atoms with Crippen molar-refractivity contribution in [3.63, 3.8) is 0 Å². The first kappa shape index (κ1) is 16.8. The van der Waals surface area contributed by atoms with E-state index in [9.17, 15) is 9.18 Å². The summed E-state index contributed by atoms with van der Waals surface area (Å²) in [5.41, 5.74) is 1.30. The third-order valence-corrected chi connectivity index (χ3v) is 4.76. The number of nitrogens with zero attached hydrogens (tertiary/aromatic N) is 1. The highest BCUT2D eigenvalue weighted by Gasteiger charge is 2.11. The molecular formula is C17H13BrClFN2O2. The second-order valence-electron chi connectivity index (χ2n) is 5.17. The number of ether oxygens (including phenoxy) is 1. The van der Waals surface area contributed by atoms with Crippen molar-refractivity contribution in [1.29, 1.82) is 0 Å². The molecule has 0 radical (unpaired) electrons. The number of hydrogen-bond donors (Lipinski definition) is 1. The number of hydrogen-bond acceptors (Lipinski definition) is 2. The van der Waals surface area contributed by atoms with Crippen molar-refractivity contribution < 1.29 is 13.9 Å². The molecule has 0 aliphatic carbocycles. The molecule has 0 fully saturated rings. The minimum atomic E-state index is -0.415. The molecule has 1 amide bonds. The molecule has 124 valence electrons. The van der Waals surface area contributed by atoms with E-state index < -0.39 is 5.82 Å². The quantitative estimate of drug-likeness (QED) is 0.662. The zero-order valence-corrected chi connectivity index (χ0v) is 15.0. The van der Waals surface area contributed by atoms with Gasteiger partial charge < -0.3 is 10.1 Å². The summed E-state index contributed by atoms with van der Waals surface area (Å²) in [6.07, 6.45) is 1.66. The van der Waals surface area contributed by atoms with Crippen LogP contribution in [0.1, 0.15) is 5.56 Å². The predicted molar refractivity (Wildman–Crippen MR) is 95.2 cm³/mol. The summed E-state index contributed by atoms with van der Waals surface area (Å²) in [6, 6.07) is 9.36.